The molecule has 2 aliphatic rings. The number of carbonyl (C=O) groups is 3. The predicted octanol–water partition coefficient (Wildman–Crippen LogP) is 3.88. The fourth-order valence-electron chi connectivity index (χ4n) is 7.32. The number of benzene rings is 2. The molecule has 1 aliphatic carbocycles. The third-order valence-corrected chi connectivity index (χ3v) is 12.9. The van der Waals surface area contributed by atoms with Crippen LogP contribution in [-0.2, 0) is 25.8 Å². The van der Waals surface area contributed by atoms with Crippen molar-refractivity contribution in [2.45, 2.75) is 115 Å². The predicted molar refractivity (Wildman–Crippen MR) is 193 cm³/mol. The van der Waals surface area contributed by atoms with Gasteiger partial charge in [0.1, 0.15) is 6.04 Å². The van der Waals surface area contributed by atoms with Gasteiger partial charge in [-0.3, -0.25) is 19.3 Å². The third-order valence-electron chi connectivity index (χ3n) is 10.3. The zero-order valence-electron chi connectivity index (χ0n) is 29.9. The van der Waals surface area contributed by atoms with Crippen molar-refractivity contribution in [3.05, 3.63) is 71.8 Å². The molecule has 1 saturated heterocycles. The number of hydrogen-bond donors (Lipinski definition) is 4. The van der Waals surface area contributed by atoms with Gasteiger partial charge in [0.2, 0.25) is 11.8 Å². The van der Waals surface area contributed by atoms with Gasteiger partial charge in [-0.25, -0.2) is 8.42 Å². The Balaban J connectivity index is 1.64. The van der Waals surface area contributed by atoms with Gasteiger partial charge in [-0.15, -0.1) is 0 Å². The molecule has 2 aromatic rings. The number of likely N-dealkylation sites (tertiary alicyclic amines) is 1. The van der Waals surface area contributed by atoms with Gasteiger partial charge in [0.15, 0.2) is 9.84 Å². The molecular weight excluding hydrogens is 641 g/mol. The van der Waals surface area contributed by atoms with Crippen molar-refractivity contribution < 1.29 is 27.9 Å². The van der Waals surface area contributed by atoms with E-state index in [-0.39, 0.29) is 30.2 Å². The maximum absolute atomic E-state index is 14.3. The largest absolute Gasteiger partial charge is 0.390 e. The summed E-state index contributed by atoms with van der Waals surface area (Å²) in [7, 11) is -3.84. The van der Waals surface area contributed by atoms with Crippen LogP contribution in [0.1, 0.15) is 89.6 Å². The molecule has 0 aromatic heterocycles. The lowest BCUT2D eigenvalue weighted by Gasteiger charge is -2.47. The van der Waals surface area contributed by atoms with Crippen molar-refractivity contribution in [3.63, 3.8) is 0 Å². The normalized spacial score (nSPS) is 22.2. The maximum Gasteiger partial charge on any atom is 0.251 e. The number of aliphatic hydroxyl groups excluding tert-OH is 1. The van der Waals surface area contributed by atoms with E-state index < -0.39 is 56.2 Å². The van der Waals surface area contributed by atoms with E-state index in [2.05, 4.69) is 20.9 Å². The fourth-order valence-corrected chi connectivity index (χ4v) is 8.59. The molecule has 2 fully saturated rings. The molecule has 4 rings (SSSR count). The van der Waals surface area contributed by atoms with Crippen LogP contribution in [0.5, 0.6) is 0 Å². The molecule has 3 amide bonds. The van der Waals surface area contributed by atoms with Crippen LogP contribution >= 0.6 is 0 Å². The van der Waals surface area contributed by atoms with Gasteiger partial charge in [0.05, 0.1) is 22.9 Å². The van der Waals surface area contributed by atoms with Crippen LogP contribution in [0.3, 0.4) is 0 Å². The Morgan fingerprint density at radius 2 is 1.49 bits per heavy atom. The molecule has 1 heterocycles. The van der Waals surface area contributed by atoms with Crippen molar-refractivity contribution in [3.8, 4) is 0 Å². The van der Waals surface area contributed by atoms with Gasteiger partial charge >= 0.3 is 0 Å². The van der Waals surface area contributed by atoms with E-state index in [0.29, 0.717) is 24.8 Å². The van der Waals surface area contributed by atoms with Crippen molar-refractivity contribution in [2.24, 2.45) is 11.8 Å². The van der Waals surface area contributed by atoms with Crippen LogP contribution in [-0.4, -0.2) is 89.5 Å². The summed E-state index contributed by atoms with van der Waals surface area (Å²) >= 11 is 0. The van der Waals surface area contributed by atoms with Gasteiger partial charge in [-0.1, -0.05) is 74.7 Å². The summed E-state index contributed by atoms with van der Waals surface area (Å²) in [5.74, 6) is -0.699. The number of amides is 3. The van der Waals surface area contributed by atoms with Crippen molar-refractivity contribution in [1.82, 2.24) is 20.9 Å². The highest BCUT2D eigenvalue weighted by molar-refractivity contribution is 7.92. The van der Waals surface area contributed by atoms with Crippen LogP contribution in [0.15, 0.2) is 60.7 Å². The van der Waals surface area contributed by atoms with Crippen LogP contribution in [0, 0.1) is 11.8 Å². The topological polar surface area (TPSA) is 145 Å². The number of rotatable bonds is 13. The molecule has 0 spiro atoms. The molecule has 1 aliphatic heterocycles. The molecule has 270 valence electrons. The molecule has 6 atom stereocenters. The zero-order valence-corrected chi connectivity index (χ0v) is 30.8. The molecule has 0 bridgehead atoms. The molecule has 0 radical (unpaired) electrons. The van der Waals surface area contributed by atoms with E-state index in [0.717, 1.165) is 31.2 Å². The molecule has 11 heteroatoms. The second-order valence-electron chi connectivity index (χ2n) is 15.4. The molecule has 1 saturated carbocycles. The average Bonchev–Trinajstić information content (AvgIpc) is 3.06. The zero-order chi connectivity index (χ0) is 36.0. The van der Waals surface area contributed by atoms with Gasteiger partial charge in [-0.2, -0.15) is 0 Å². The summed E-state index contributed by atoms with van der Waals surface area (Å²) in [6, 6.07) is 15.0. The lowest BCUT2D eigenvalue weighted by Crippen LogP contribution is -2.64. The van der Waals surface area contributed by atoms with E-state index >= 15 is 0 Å². The summed E-state index contributed by atoms with van der Waals surface area (Å²) in [5.41, 5.74) is 0.737. The van der Waals surface area contributed by atoms with E-state index in [4.69, 9.17) is 0 Å². The monoisotopic (exact) mass is 696 g/mol. The SMILES string of the molecule is CCS(=O)(=O)C(C)(C)[C@H](NC(=O)c1ccccc1)C(=O)NC(Cc1ccccc1)C(O)CN1C[C@H]2CCCC[C@H]2CC1C(=O)NC(C)(C)C. The first-order chi connectivity index (χ1) is 23.0. The number of fused-ring (bicyclic) bond motifs is 1. The molecule has 49 heavy (non-hydrogen) atoms. The van der Waals surface area contributed by atoms with Crippen LogP contribution < -0.4 is 16.0 Å². The standard InChI is InChI=1S/C38H56N4O6S/c1-7-49(47,48)38(5,6)33(40-34(44)27-18-12-9-13-19-27)36(46)39-30(22-26-16-10-8-11-17-26)32(43)25-42-24-29-21-15-14-20-28(29)23-31(42)35(45)41-37(2,3)4/h8-13,16-19,28-33,43H,7,14-15,20-25H2,1-6H3,(H,39,46)(H,40,44)(H,41,45)/t28-,29+,30?,31?,32?,33+/m0/s1. The van der Waals surface area contributed by atoms with E-state index in [9.17, 15) is 27.9 Å². The number of nitrogens with one attached hydrogen (secondary N) is 3. The number of β-amino-alcohol motifs (C(OH)–C–C–N with tert-alkyl or cyclic N) is 1. The Labute approximate surface area is 292 Å². The molecule has 4 N–H and O–H groups in total. The minimum absolute atomic E-state index is 0.0671. The third kappa shape index (κ3) is 9.92. The summed E-state index contributed by atoms with van der Waals surface area (Å²) < 4.78 is 25.0. The second kappa shape index (κ2) is 16.2. The lowest BCUT2D eigenvalue weighted by atomic mass is 9.72. The minimum Gasteiger partial charge on any atom is -0.390 e. The number of aliphatic hydroxyl groups is 1. The summed E-state index contributed by atoms with van der Waals surface area (Å²) in [6.45, 7) is 11.1. The van der Waals surface area contributed by atoms with Gasteiger partial charge in [0.25, 0.3) is 5.91 Å². The Bertz CT molecular complexity index is 1530. The van der Waals surface area contributed by atoms with Crippen molar-refractivity contribution >= 4 is 27.6 Å². The summed E-state index contributed by atoms with van der Waals surface area (Å²) in [6.07, 6.45) is 4.35. The molecular formula is C38H56N4O6S. The fraction of sp³-hybridized carbons (Fsp3) is 0.605. The second-order valence-corrected chi connectivity index (χ2v) is 18.3. The number of nitrogens with zero attached hydrogens (tertiary/aromatic N) is 1. The highest BCUT2D eigenvalue weighted by Crippen LogP contribution is 2.39. The maximum atomic E-state index is 14.3. The Kier molecular flexibility index (Phi) is 12.7. The number of hydrogen-bond acceptors (Lipinski definition) is 7. The quantitative estimate of drug-likeness (QED) is 0.249. The molecule has 2 aromatic carbocycles. The highest BCUT2D eigenvalue weighted by atomic mass is 32.2. The molecule has 3 unspecified atom stereocenters. The first kappa shape index (κ1) is 38.5. The van der Waals surface area contributed by atoms with Crippen LogP contribution in [0.2, 0.25) is 0 Å². The van der Waals surface area contributed by atoms with Crippen LogP contribution in [0.4, 0.5) is 0 Å². The van der Waals surface area contributed by atoms with E-state index in [1.54, 1.807) is 30.3 Å². The average molecular weight is 697 g/mol. The Hall–Kier alpha value is -3.28. The van der Waals surface area contributed by atoms with Gasteiger partial charge in [0, 0.05) is 29.9 Å². The lowest BCUT2D eigenvalue weighted by molar-refractivity contribution is -0.133. The number of carbonyl (C=O) groups excluding carboxylic acids is 3. The first-order valence-corrected chi connectivity index (χ1v) is 19.3. The molecule has 10 nitrogen and oxygen atoms in total. The first-order valence-electron chi connectivity index (χ1n) is 17.7. The van der Waals surface area contributed by atoms with Gasteiger partial charge in [-0.05, 0) is 83.4 Å². The highest BCUT2D eigenvalue weighted by Gasteiger charge is 2.47. The summed E-state index contributed by atoms with van der Waals surface area (Å²) in [4.78, 5) is 43.3. The van der Waals surface area contributed by atoms with Crippen molar-refractivity contribution in [1.29, 1.82) is 0 Å². The number of sulfone groups is 1. The minimum atomic E-state index is -3.84. The summed E-state index contributed by atoms with van der Waals surface area (Å²) in [5, 5.41) is 20.8. The Morgan fingerprint density at radius 3 is 2.08 bits per heavy atom. The van der Waals surface area contributed by atoms with E-state index in [1.807, 2.05) is 51.1 Å². The smallest absolute Gasteiger partial charge is 0.251 e. The van der Waals surface area contributed by atoms with E-state index in [1.165, 1.54) is 20.8 Å². The Morgan fingerprint density at radius 1 is 0.898 bits per heavy atom. The van der Waals surface area contributed by atoms with Gasteiger partial charge < -0.3 is 21.1 Å². The number of piperidine rings is 1. The van der Waals surface area contributed by atoms with Crippen LogP contribution in [0.25, 0.3) is 0 Å². The van der Waals surface area contributed by atoms with Crippen molar-refractivity contribution in [2.75, 3.05) is 18.8 Å².